The lowest BCUT2D eigenvalue weighted by atomic mass is 10.1. The van der Waals surface area contributed by atoms with Crippen LogP contribution in [0, 0.1) is 10.1 Å². The van der Waals surface area contributed by atoms with E-state index >= 15 is 0 Å². The summed E-state index contributed by atoms with van der Waals surface area (Å²) in [5, 5.41) is 10.7. The summed E-state index contributed by atoms with van der Waals surface area (Å²) in [5.41, 5.74) is 6.56. The Morgan fingerprint density at radius 1 is 1.55 bits per heavy atom. The summed E-state index contributed by atoms with van der Waals surface area (Å²) >= 11 is 1.64. The number of rotatable bonds is 7. The zero-order valence-corrected chi connectivity index (χ0v) is 12.4. The Bertz CT molecular complexity index is 482. The molecule has 1 aromatic rings. The minimum atomic E-state index is -0.522. The fourth-order valence-electron chi connectivity index (χ4n) is 1.77. The van der Waals surface area contributed by atoms with E-state index in [1.54, 1.807) is 30.9 Å². The van der Waals surface area contributed by atoms with E-state index in [4.69, 9.17) is 5.73 Å². The van der Waals surface area contributed by atoms with Gasteiger partial charge >= 0.3 is 0 Å². The van der Waals surface area contributed by atoms with E-state index in [1.165, 1.54) is 17.0 Å². The lowest BCUT2D eigenvalue weighted by molar-refractivity contribution is -0.384. The molecule has 1 amide bonds. The molecular formula is C13H19N3O3S. The van der Waals surface area contributed by atoms with Gasteiger partial charge in [0.05, 0.1) is 11.0 Å². The minimum Gasteiger partial charge on any atom is -0.340 e. The molecule has 1 atom stereocenters. The Morgan fingerprint density at radius 2 is 2.25 bits per heavy atom. The fraction of sp³-hybridized carbons (Fsp3) is 0.462. The highest BCUT2D eigenvalue weighted by Gasteiger charge is 2.18. The second-order valence-corrected chi connectivity index (χ2v) is 5.49. The average Bonchev–Trinajstić information content (AvgIpc) is 2.44. The molecular weight excluding hydrogens is 278 g/mol. The zero-order valence-electron chi connectivity index (χ0n) is 11.6. The minimum absolute atomic E-state index is 0.0232. The third kappa shape index (κ3) is 4.82. The molecule has 0 spiro atoms. The maximum Gasteiger partial charge on any atom is 0.269 e. The van der Waals surface area contributed by atoms with Gasteiger partial charge in [0.15, 0.2) is 0 Å². The first-order valence-electron chi connectivity index (χ1n) is 6.18. The summed E-state index contributed by atoms with van der Waals surface area (Å²) in [6.45, 7) is 0.313. The molecule has 0 saturated carbocycles. The fourth-order valence-corrected chi connectivity index (χ4v) is 2.26. The number of carbonyl (C=O) groups is 1. The van der Waals surface area contributed by atoms with Crippen molar-refractivity contribution in [1.82, 2.24) is 4.90 Å². The van der Waals surface area contributed by atoms with Gasteiger partial charge in [0, 0.05) is 25.7 Å². The van der Waals surface area contributed by atoms with Crippen LogP contribution in [0.15, 0.2) is 24.3 Å². The SMILES string of the molecule is CSCC[C@H](N)C(=O)N(C)Cc1cccc([N+](=O)[O-])c1. The van der Waals surface area contributed by atoms with E-state index in [2.05, 4.69) is 0 Å². The van der Waals surface area contributed by atoms with Crippen LogP contribution in [0.1, 0.15) is 12.0 Å². The van der Waals surface area contributed by atoms with Gasteiger partial charge in [0.2, 0.25) is 5.91 Å². The van der Waals surface area contributed by atoms with Crippen molar-refractivity contribution in [2.75, 3.05) is 19.1 Å². The molecule has 0 aromatic heterocycles. The monoisotopic (exact) mass is 297 g/mol. The Balaban J connectivity index is 2.65. The largest absolute Gasteiger partial charge is 0.340 e. The van der Waals surface area contributed by atoms with Crippen molar-refractivity contribution in [2.24, 2.45) is 5.73 Å². The molecule has 0 aliphatic rings. The zero-order chi connectivity index (χ0) is 15.1. The summed E-state index contributed by atoms with van der Waals surface area (Å²) in [6, 6.07) is 5.74. The Morgan fingerprint density at radius 3 is 2.85 bits per heavy atom. The van der Waals surface area contributed by atoms with Crippen molar-refractivity contribution < 1.29 is 9.72 Å². The first kappa shape index (κ1) is 16.5. The quantitative estimate of drug-likeness (QED) is 0.610. The van der Waals surface area contributed by atoms with Crippen molar-refractivity contribution in [1.29, 1.82) is 0 Å². The Kier molecular flexibility index (Phi) is 6.47. The van der Waals surface area contributed by atoms with Crippen LogP contribution in [-0.4, -0.2) is 40.8 Å². The molecule has 1 rings (SSSR count). The van der Waals surface area contributed by atoms with Gasteiger partial charge in [0.25, 0.3) is 5.69 Å². The maximum absolute atomic E-state index is 12.0. The standard InChI is InChI=1S/C13H19N3O3S/c1-15(13(17)12(14)6-7-20-2)9-10-4-3-5-11(8-10)16(18)19/h3-5,8,12H,6-7,9,14H2,1-2H3/t12-/m0/s1. The van der Waals surface area contributed by atoms with Crippen LogP contribution in [0.5, 0.6) is 0 Å². The first-order chi connectivity index (χ1) is 9.45. The number of nitrogens with two attached hydrogens (primary N) is 1. The summed E-state index contributed by atoms with van der Waals surface area (Å²) in [4.78, 5) is 23.8. The van der Waals surface area contributed by atoms with E-state index < -0.39 is 11.0 Å². The van der Waals surface area contributed by atoms with Crippen LogP contribution in [0.25, 0.3) is 0 Å². The molecule has 6 nitrogen and oxygen atoms in total. The molecule has 0 aliphatic heterocycles. The number of benzene rings is 1. The second kappa shape index (κ2) is 7.86. The highest BCUT2D eigenvalue weighted by molar-refractivity contribution is 7.98. The Hall–Kier alpha value is -1.60. The molecule has 2 N–H and O–H groups in total. The van der Waals surface area contributed by atoms with Gasteiger partial charge in [-0.2, -0.15) is 11.8 Å². The van der Waals surface area contributed by atoms with Crippen molar-refractivity contribution in [3.63, 3.8) is 0 Å². The van der Waals surface area contributed by atoms with E-state index in [0.717, 1.165) is 5.75 Å². The van der Waals surface area contributed by atoms with E-state index in [9.17, 15) is 14.9 Å². The van der Waals surface area contributed by atoms with Gasteiger partial charge in [-0.3, -0.25) is 14.9 Å². The summed E-state index contributed by atoms with van der Waals surface area (Å²) < 4.78 is 0. The van der Waals surface area contributed by atoms with Crippen LogP contribution < -0.4 is 5.73 Å². The lowest BCUT2D eigenvalue weighted by Crippen LogP contribution is -2.41. The second-order valence-electron chi connectivity index (χ2n) is 4.51. The highest BCUT2D eigenvalue weighted by Crippen LogP contribution is 2.14. The normalized spacial score (nSPS) is 11.9. The van der Waals surface area contributed by atoms with Gasteiger partial charge in [-0.1, -0.05) is 12.1 Å². The van der Waals surface area contributed by atoms with E-state index in [1.807, 2.05) is 6.26 Å². The maximum atomic E-state index is 12.0. The van der Waals surface area contributed by atoms with Gasteiger partial charge in [0.1, 0.15) is 0 Å². The third-order valence-electron chi connectivity index (χ3n) is 2.87. The molecule has 20 heavy (non-hydrogen) atoms. The predicted molar refractivity (Wildman–Crippen MR) is 80.5 cm³/mol. The first-order valence-corrected chi connectivity index (χ1v) is 7.58. The molecule has 0 heterocycles. The van der Waals surface area contributed by atoms with Crippen LogP contribution in [-0.2, 0) is 11.3 Å². The molecule has 0 unspecified atom stereocenters. The summed E-state index contributed by atoms with van der Waals surface area (Å²) in [7, 11) is 1.65. The third-order valence-corrected chi connectivity index (χ3v) is 3.51. The predicted octanol–water partition coefficient (Wildman–Crippen LogP) is 1.63. The topological polar surface area (TPSA) is 89.5 Å². The number of likely N-dealkylation sites (N-methyl/N-ethyl adjacent to an activating group) is 1. The number of nitro benzene ring substituents is 1. The van der Waals surface area contributed by atoms with Gasteiger partial charge in [-0.15, -0.1) is 0 Å². The van der Waals surface area contributed by atoms with Crippen molar-refractivity contribution >= 4 is 23.4 Å². The molecule has 7 heteroatoms. The Labute approximate surface area is 122 Å². The van der Waals surface area contributed by atoms with Gasteiger partial charge in [-0.25, -0.2) is 0 Å². The average molecular weight is 297 g/mol. The molecule has 0 aliphatic carbocycles. The molecule has 0 saturated heterocycles. The van der Waals surface area contributed by atoms with Crippen molar-refractivity contribution in [3.8, 4) is 0 Å². The molecule has 0 bridgehead atoms. The molecule has 0 radical (unpaired) electrons. The highest BCUT2D eigenvalue weighted by atomic mass is 32.2. The molecule has 110 valence electrons. The van der Waals surface area contributed by atoms with Crippen LogP contribution in [0.2, 0.25) is 0 Å². The van der Waals surface area contributed by atoms with Gasteiger partial charge in [-0.05, 0) is 24.0 Å². The van der Waals surface area contributed by atoms with Crippen molar-refractivity contribution in [2.45, 2.75) is 19.0 Å². The number of thioether (sulfide) groups is 1. The molecule has 0 fully saturated rings. The molecule has 1 aromatic carbocycles. The number of carbonyl (C=O) groups excluding carboxylic acids is 1. The summed E-state index contributed by atoms with van der Waals surface area (Å²) in [5.74, 6) is 0.683. The van der Waals surface area contributed by atoms with E-state index in [0.29, 0.717) is 18.5 Å². The van der Waals surface area contributed by atoms with Crippen LogP contribution >= 0.6 is 11.8 Å². The van der Waals surface area contributed by atoms with Crippen LogP contribution in [0.3, 0.4) is 0 Å². The van der Waals surface area contributed by atoms with Crippen LogP contribution in [0.4, 0.5) is 5.69 Å². The smallest absolute Gasteiger partial charge is 0.269 e. The number of amides is 1. The van der Waals surface area contributed by atoms with Gasteiger partial charge < -0.3 is 10.6 Å². The van der Waals surface area contributed by atoms with Crippen molar-refractivity contribution in [3.05, 3.63) is 39.9 Å². The van der Waals surface area contributed by atoms with E-state index in [-0.39, 0.29) is 11.6 Å². The number of hydrogen-bond donors (Lipinski definition) is 1. The number of nitro groups is 1. The lowest BCUT2D eigenvalue weighted by Gasteiger charge is -2.21. The number of hydrogen-bond acceptors (Lipinski definition) is 5. The summed E-state index contributed by atoms with van der Waals surface area (Å²) in [6.07, 6.45) is 2.59. The number of non-ortho nitro benzene ring substituents is 1. The number of nitrogens with zero attached hydrogens (tertiary/aromatic N) is 2.